The number of methoxy groups -OCH3 is 1. The van der Waals surface area contributed by atoms with E-state index in [1.54, 1.807) is 42.2 Å². The molecule has 1 aromatic heterocycles. The number of rotatable bonds is 7. The predicted molar refractivity (Wildman–Crippen MR) is 114 cm³/mol. The lowest BCUT2D eigenvalue weighted by Crippen LogP contribution is -2.29. The van der Waals surface area contributed by atoms with Crippen LogP contribution in [0.3, 0.4) is 0 Å². The number of amides is 1. The van der Waals surface area contributed by atoms with Crippen LogP contribution in [0.1, 0.15) is 35.8 Å². The van der Waals surface area contributed by atoms with Crippen LogP contribution in [0.2, 0.25) is 0 Å². The molecule has 0 aliphatic rings. The van der Waals surface area contributed by atoms with Crippen LogP contribution >= 0.6 is 15.9 Å². The van der Waals surface area contributed by atoms with Gasteiger partial charge in [-0.25, -0.2) is 9.67 Å². The quantitative estimate of drug-likeness (QED) is 0.528. The zero-order valence-electron chi connectivity index (χ0n) is 16.8. The van der Waals surface area contributed by atoms with Crippen molar-refractivity contribution in [1.29, 1.82) is 0 Å². The second-order valence-corrected chi connectivity index (χ2v) is 7.30. The molecule has 0 saturated heterocycles. The summed E-state index contributed by atoms with van der Waals surface area (Å²) >= 11 is 3.48. The minimum absolute atomic E-state index is 0.111. The average Bonchev–Trinajstić information content (AvgIpc) is 3.28. The molecule has 0 fully saturated rings. The number of hydrogen-bond acceptors (Lipinski definition) is 5. The topological polar surface area (TPSA) is 69.5 Å². The summed E-state index contributed by atoms with van der Waals surface area (Å²) in [5, 5.41) is 4.12. The van der Waals surface area contributed by atoms with E-state index in [1.165, 1.54) is 6.33 Å². The van der Waals surface area contributed by atoms with E-state index in [4.69, 9.17) is 9.47 Å². The van der Waals surface area contributed by atoms with Crippen LogP contribution in [0.5, 0.6) is 11.5 Å². The lowest BCUT2D eigenvalue weighted by Gasteiger charge is -2.26. The first-order chi connectivity index (χ1) is 14.0. The number of hydrogen-bond donors (Lipinski definition) is 0. The van der Waals surface area contributed by atoms with Crippen LogP contribution in [0.4, 0.5) is 0 Å². The molecule has 0 spiro atoms. The van der Waals surface area contributed by atoms with Crippen molar-refractivity contribution < 1.29 is 14.3 Å². The van der Waals surface area contributed by atoms with Crippen molar-refractivity contribution in [3.63, 3.8) is 0 Å². The van der Waals surface area contributed by atoms with Gasteiger partial charge >= 0.3 is 0 Å². The number of halogens is 1. The van der Waals surface area contributed by atoms with Crippen LogP contribution in [0.15, 0.2) is 53.5 Å². The highest BCUT2D eigenvalue weighted by atomic mass is 79.9. The maximum Gasteiger partial charge on any atom is 0.254 e. The third kappa shape index (κ3) is 4.42. The zero-order valence-corrected chi connectivity index (χ0v) is 18.4. The monoisotopic (exact) mass is 458 g/mol. The first-order valence-electron chi connectivity index (χ1n) is 9.18. The number of nitrogens with zero attached hydrogens (tertiary/aromatic N) is 4. The van der Waals surface area contributed by atoms with Gasteiger partial charge in [0.05, 0.1) is 29.9 Å². The summed E-state index contributed by atoms with van der Waals surface area (Å²) < 4.78 is 13.4. The van der Waals surface area contributed by atoms with Crippen LogP contribution < -0.4 is 9.47 Å². The molecule has 0 N–H and O–H groups in total. The molecule has 0 saturated carbocycles. The first kappa shape index (κ1) is 20.9. The fourth-order valence-corrected chi connectivity index (χ4v) is 3.53. The predicted octanol–water partition coefficient (Wildman–Crippen LogP) is 4.27. The normalized spacial score (nSPS) is 11.8. The zero-order chi connectivity index (χ0) is 21.0. The Kier molecular flexibility index (Phi) is 6.53. The number of benzene rings is 2. The molecule has 0 unspecified atom stereocenters. The third-order valence-corrected chi connectivity index (χ3v) is 5.31. The number of ether oxygens (including phenoxy) is 2. The molecule has 1 atom stereocenters. The molecule has 29 heavy (non-hydrogen) atoms. The third-order valence-electron chi connectivity index (χ3n) is 4.73. The van der Waals surface area contributed by atoms with Gasteiger partial charge in [0.1, 0.15) is 12.7 Å². The lowest BCUT2D eigenvalue weighted by molar-refractivity contribution is 0.0742. The molecule has 8 heteroatoms. The summed E-state index contributed by atoms with van der Waals surface area (Å²) in [6.07, 6.45) is 3.14. The Bertz CT molecular complexity index is 974. The average molecular weight is 459 g/mol. The Morgan fingerprint density at radius 3 is 2.59 bits per heavy atom. The first-order valence-corrected chi connectivity index (χ1v) is 9.98. The molecule has 0 bridgehead atoms. The molecule has 1 amide bonds. The largest absolute Gasteiger partial charge is 0.493 e. The van der Waals surface area contributed by atoms with Gasteiger partial charge in [-0.2, -0.15) is 5.10 Å². The molecule has 0 radical (unpaired) electrons. The van der Waals surface area contributed by atoms with Crippen molar-refractivity contribution in [1.82, 2.24) is 19.7 Å². The minimum atomic E-state index is -0.122. The van der Waals surface area contributed by atoms with E-state index in [2.05, 4.69) is 26.0 Å². The van der Waals surface area contributed by atoms with E-state index in [9.17, 15) is 4.79 Å². The van der Waals surface area contributed by atoms with Crippen molar-refractivity contribution in [3.05, 3.63) is 64.7 Å². The molecule has 3 aromatic rings. The van der Waals surface area contributed by atoms with Crippen LogP contribution in [-0.4, -0.2) is 46.3 Å². The van der Waals surface area contributed by atoms with E-state index in [1.807, 2.05) is 38.1 Å². The van der Waals surface area contributed by atoms with Gasteiger partial charge in [-0.15, -0.1) is 0 Å². The van der Waals surface area contributed by atoms with Gasteiger partial charge in [-0.05, 0) is 59.6 Å². The Labute approximate surface area is 178 Å². The van der Waals surface area contributed by atoms with Gasteiger partial charge < -0.3 is 14.4 Å². The van der Waals surface area contributed by atoms with E-state index in [0.717, 1.165) is 11.3 Å². The molecular formula is C21H23BrN4O3. The molecule has 2 aromatic carbocycles. The summed E-state index contributed by atoms with van der Waals surface area (Å²) in [7, 11) is 3.34. The van der Waals surface area contributed by atoms with E-state index >= 15 is 0 Å². The molecule has 7 nitrogen and oxygen atoms in total. The minimum Gasteiger partial charge on any atom is -0.493 e. The van der Waals surface area contributed by atoms with Gasteiger partial charge in [0.2, 0.25) is 0 Å². The Morgan fingerprint density at radius 2 is 2.00 bits per heavy atom. The second kappa shape index (κ2) is 9.09. The smallest absolute Gasteiger partial charge is 0.254 e. The maximum absolute atomic E-state index is 13.1. The lowest BCUT2D eigenvalue weighted by atomic mass is 10.1. The molecule has 1 heterocycles. The Hall–Kier alpha value is -2.87. The molecule has 3 rings (SSSR count). The van der Waals surface area contributed by atoms with Gasteiger partial charge in [0, 0.05) is 12.6 Å². The SMILES string of the molecule is CCOc1c(Br)cc(C(=O)N(C)[C@H](C)c2ccc(-n3cncn3)cc2)cc1OC. The molecule has 0 aliphatic heterocycles. The van der Waals surface area contributed by atoms with Crippen molar-refractivity contribution in [2.75, 3.05) is 20.8 Å². The van der Waals surface area contributed by atoms with E-state index in [-0.39, 0.29) is 11.9 Å². The highest BCUT2D eigenvalue weighted by Gasteiger charge is 2.22. The van der Waals surface area contributed by atoms with E-state index < -0.39 is 0 Å². The van der Waals surface area contributed by atoms with Gasteiger partial charge in [-0.1, -0.05) is 12.1 Å². The van der Waals surface area contributed by atoms with Gasteiger partial charge in [0.25, 0.3) is 5.91 Å². The molecular weight excluding hydrogens is 436 g/mol. The number of carbonyl (C=O) groups is 1. The highest BCUT2D eigenvalue weighted by molar-refractivity contribution is 9.10. The van der Waals surface area contributed by atoms with E-state index in [0.29, 0.717) is 28.1 Å². The summed E-state index contributed by atoms with van der Waals surface area (Å²) in [6, 6.07) is 11.2. The van der Waals surface area contributed by atoms with Gasteiger partial charge in [0.15, 0.2) is 11.5 Å². The van der Waals surface area contributed by atoms with Crippen LogP contribution in [-0.2, 0) is 0 Å². The maximum atomic E-state index is 13.1. The summed E-state index contributed by atoms with van der Waals surface area (Å²) in [5.74, 6) is 0.994. The van der Waals surface area contributed by atoms with Crippen molar-refractivity contribution in [3.8, 4) is 17.2 Å². The summed E-state index contributed by atoms with van der Waals surface area (Å²) in [4.78, 5) is 18.7. The van der Waals surface area contributed by atoms with Crippen molar-refractivity contribution >= 4 is 21.8 Å². The summed E-state index contributed by atoms with van der Waals surface area (Å²) in [6.45, 7) is 4.39. The Morgan fingerprint density at radius 1 is 1.28 bits per heavy atom. The summed E-state index contributed by atoms with van der Waals surface area (Å²) in [5.41, 5.74) is 2.44. The fraction of sp³-hybridized carbons (Fsp3) is 0.286. The second-order valence-electron chi connectivity index (χ2n) is 6.45. The number of carbonyl (C=O) groups excluding carboxylic acids is 1. The fourth-order valence-electron chi connectivity index (χ4n) is 2.98. The highest BCUT2D eigenvalue weighted by Crippen LogP contribution is 2.37. The van der Waals surface area contributed by atoms with Crippen molar-refractivity contribution in [2.24, 2.45) is 0 Å². The standard InChI is InChI=1S/C21H23BrN4O3/c1-5-29-20-18(22)10-16(11-19(20)28-4)21(27)25(3)14(2)15-6-8-17(9-7-15)26-13-23-12-24-26/h6-14H,5H2,1-4H3/t14-/m1/s1. The van der Waals surface area contributed by atoms with Gasteiger partial charge in [-0.3, -0.25) is 4.79 Å². The van der Waals surface area contributed by atoms with Crippen molar-refractivity contribution in [2.45, 2.75) is 19.9 Å². The Balaban J connectivity index is 1.81. The molecule has 152 valence electrons. The molecule has 0 aliphatic carbocycles. The number of aromatic nitrogens is 3. The van der Waals surface area contributed by atoms with Crippen LogP contribution in [0, 0.1) is 0 Å². The van der Waals surface area contributed by atoms with Crippen LogP contribution in [0.25, 0.3) is 5.69 Å².